The van der Waals surface area contributed by atoms with Gasteiger partial charge in [-0.1, -0.05) is 90.0 Å². The van der Waals surface area contributed by atoms with E-state index in [4.69, 9.17) is 0 Å². The van der Waals surface area contributed by atoms with Crippen molar-refractivity contribution in [2.75, 3.05) is 6.54 Å². The monoisotopic (exact) mass is 428 g/mol. The van der Waals surface area contributed by atoms with Crippen LogP contribution in [0.2, 0.25) is 0 Å². The van der Waals surface area contributed by atoms with Crippen LogP contribution >= 0.6 is 0 Å². The summed E-state index contributed by atoms with van der Waals surface area (Å²) >= 11 is 0. The second-order valence-electron chi connectivity index (χ2n) is 8.27. The Labute approximate surface area is 191 Å². The van der Waals surface area contributed by atoms with Crippen molar-refractivity contribution in [3.05, 3.63) is 107 Å². The number of rotatable bonds is 9. The minimum absolute atomic E-state index is 0.0532. The van der Waals surface area contributed by atoms with Crippen LogP contribution in [0.5, 0.6) is 0 Å². The van der Waals surface area contributed by atoms with Gasteiger partial charge in [0, 0.05) is 19.5 Å². The molecule has 2 amide bonds. The third kappa shape index (κ3) is 6.55. The van der Waals surface area contributed by atoms with E-state index in [2.05, 4.69) is 11.4 Å². The van der Waals surface area contributed by atoms with Crippen molar-refractivity contribution in [1.29, 1.82) is 0 Å². The zero-order chi connectivity index (χ0) is 22.9. The lowest BCUT2D eigenvalue weighted by Gasteiger charge is -2.31. The molecule has 0 saturated heterocycles. The molecule has 0 aliphatic rings. The van der Waals surface area contributed by atoms with E-state index in [0.29, 0.717) is 19.5 Å². The van der Waals surface area contributed by atoms with Crippen molar-refractivity contribution in [3.63, 3.8) is 0 Å². The second-order valence-corrected chi connectivity index (χ2v) is 8.27. The first-order valence-corrected chi connectivity index (χ1v) is 11.2. The maximum Gasteiger partial charge on any atom is 0.243 e. The van der Waals surface area contributed by atoms with E-state index in [1.165, 1.54) is 0 Å². The van der Waals surface area contributed by atoms with Crippen LogP contribution < -0.4 is 5.32 Å². The minimum atomic E-state index is -0.587. The molecule has 0 bridgehead atoms. The maximum atomic E-state index is 13.6. The van der Waals surface area contributed by atoms with E-state index in [9.17, 15) is 9.59 Å². The molecule has 0 aliphatic carbocycles. The molecule has 0 saturated carbocycles. The van der Waals surface area contributed by atoms with Crippen LogP contribution in [0.4, 0.5) is 0 Å². The highest BCUT2D eigenvalue weighted by atomic mass is 16.2. The number of hydrogen-bond donors (Lipinski definition) is 1. The molecule has 1 atom stereocenters. The van der Waals surface area contributed by atoms with Gasteiger partial charge in [0.1, 0.15) is 6.04 Å². The Morgan fingerprint density at radius 1 is 0.812 bits per heavy atom. The number of benzene rings is 3. The van der Waals surface area contributed by atoms with E-state index in [1.54, 1.807) is 4.90 Å². The van der Waals surface area contributed by atoms with Crippen molar-refractivity contribution in [2.45, 2.75) is 46.2 Å². The highest BCUT2D eigenvalue weighted by Gasteiger charge is 2.30. The van der Waals surface area contributed by atoms with Crippen molar-refractivity contribution in [1.82, 2.24) is 10.2 Å². The summed E-state index contributed by atoms with van der Waals surface area (Å²) in [5.74, 6) is -0.177. The quantitative estimate of drug-likeness (QED) is 0.541. The van der Waals surface area contributed by atoms with Gasteiger partial charge in [0.25, 0.3) is 0 Å². The predicted molar refractivity (Wildman–Crippen MR) is 129 cm³/mol. The summed E-state index contributed by atoms with van der Waals surface area (Å²) in [6, 6.07) is 25.4. The molecule has 32 heavy (non-hydrogen) atoms. The molecule has 0 fully saturated rings. The van der Waals surface area contributed by atoms with Gasteiger partial charge < -0.3 is 10.2 Å². The van der Waals surface area contributed by atoms with Crippen LogP contribution in [-0.2, 0) is 29.0 Å². The summed E-state index contributed by atoms with van der Waals surface area (Å²) in [6.45, 7) is 6.87. The van der Waals surface area contributed by atoms with E-state index in [-0.39, 0.29) is 18.2 Å². The zero-order valence-electron chi connectivity index (χ0n) is 19.2. The first-order valence-electron chi connectivity index (χ1n) is 11.2. The SMILES string of the molecule is CCNC(=O)[C@H](Cc1ccccc1)N(Cc1cccc(C)c1)C(=O)Cc1ccc(C)cc1. The molecule has 0 unspecified atom stereocenters. The third-order valence-corrected chi connectivity index (χ3v) is 5.53. The van der Waals surface area contributed by atoms with Gasteiger partial charge in [-0.05, 0) is 37.5 Å². The first-order chi connectivity index (χ1) is 15.5. The van der Waals surface area contributed by atoms with Crippen LogP contribution in [0, 0.1) is 13.8 Å². The van der Waals surface area contributed by atoms with Crippen molar-refractivity contribution >= 4 is 11.8 Å². The molecule has 3 aromatic rings. The number of amides is 2. The van der Waals surface area contributed by atoms with Gasteiger partial charge in [-0.3, -0.25) is 9.59 Å². The summed E-state index contributed by atoms with van der Waals surface area (Å²) in [5, 5.41) is 2.94. The lowest BCUT2D eigenvalue weighted by molar-refractivity contribution is -0.140. The van der Waals surface area contributed by atoms with Crippen molar-refractivity contribution < 1.29 is 9.59 Å². The van der Waals surface area contributed by atoms with E-state index in [0.717, 1.165) is 27.8 Å². The van der Waals surface area contributed by atoms with Gasteiger partial charge in [0.05, 0.1) is 6.42 Å². The normalized spacial score (nSPS) is 11.6. The predicted octanol–water partition coefficient (Wildman–Crippen LogP) is 4.62. The topological polar surface area (TPSA) is 49.4 Å². The number of aryl methyl sites for hydroxylation is 2. The first kappa shape index (κ1) is 23.3. The molecule has 166 valence electrons. The van der Waals surface area contributed by atoms with Crippen LogP contribution in [0.3, 0.4) is 0 Å². The summed E-state index contributed by atoms with van der Waals surface area (Å²) in [6.07, 6.45) is 0.731. The number of hydrogen-bond acceptors (Lipinski definition) is 2. The highest BCUT2D eigenvalue weighted by molar-refractivity contribution is 5.88. The average molecular weight is 429 g/mol. The molecular formula is C28H32N2O2. The van der Waals surface area contributed by atoms with Crippen molar-refractivity contribution in [2.24, 2.45) is 0 Å². The smallest absolute Gasteiger partial charge is 0.243 e. The number of nitrogens with one attached hydrogen (secondary N) is 1. The molecule has 1 N–H and O–H groups in total. The molecule has 4 heteroatoms. The number of carbonyl (C=O) groups excluding carboxylic acids is 2. The Balaban J connectivity index is 1.94. The van der Waals surface area contributed by atoms with Gasteiger partial charge in [0.15, 0.2) is 0 Å². The Kier molecular flexibility index (Phi) is 8.20. The van der Waals surface area contributed by atoms with Gasteiger partial charge in [-0.2, -0.15) is 0 Å². The van der Waals surface area contributed by atoms with Gasteiger partial charge in [-0.25, -0.2) is 0 Å². The van der Waals surface area contributed by atoms with E-state index in [1.807, 2.05) is 93.6 Å². The Morgan fingerprint density at radius 2 is 1.50 bits per heavy atom. The molecule has 0 aliphatic heterocycles. The number of carbonyl (C=O) groups is 2. The molecule has 3 aromatic carbocycles. The van der Waals surface area contributed by atoms with Crippen LogP contribution in [0.1, 0.15) is 34.7 Å². The summed E-state index contributed by atoms with van der Waals surface area (Å²) in [7, 11) is 0. The lowest BCUT2D eigenvalue weighted by Crippen LogP contribution is -2.50. The number of nitrogens with zero attached hydrogens (tertiary/aromatic N) is 1. The van der Waals surface area contributed by atoms with Gasteiger partial charge >= 0.3 is 0 Å². The summed E-state index contributed by atoms with van der Waals surface area (Å²) < 4.78 is 0. The Bertz CT molecular complexity index is 1030. The zero-order valence-corrected chi connectivity index (χ0v) is 19.2. The van der Waals surface area contributed by atoms with Crippen LogP contribution in [0.15, 0.2) is 78.9 Å². The molecule has 0 radical (unpaired) electrons. The fourth-order valence-corrected chi connectivity index (χ4v) is 3.84. The van der Waals surface area contributed by atoms with E-state index >= 15 is 0 Å². The van der Waals surface area contributed by atoms with Gasteiger partial charge in [-0.15, -0.1) is 0 Å². The third-order valence-electron chi connectivity index (χ3n) is 5.53. The molecule has 0 aromatic heterocycles. The largest absolute Gasteiger partial charge is 0.355 e. The molecule has 0 heterocycles. The van der Waals surface area contributed by atoms with Crippen LogP contribution in [0.25, 0.3) is 0 Å². The van der Waals surface area contributed by atoms with Gasteiger partial charge in [0.2, 0.25) is 11.8 Å². The fraction of sp³-hybridized carbons (Fsp3) is 0.286. The lowest BCUT2D eigenvalue weighted by atomic mass is 10.0. The average Bonchev–Trinajstić information content (AvgIpc) is 2.78. The standard InChI is InChI=1S/C28H32N2O2/c1-4-29-28(32)26(18-23-10-6-5-7-11-23)30(20-25-12-8-9-22(3)17-25)27(31)19-24-15-13-21(2)14-16-24/h5-17,26H,4,18-20H2,1-3H3,(H,29,32)/t26-/m0/s1. The molecule has 4 nitrogen and oxygen atoms in total. The Hall–Kier alpha value is -3.40. The van der Waals surface area contributed by atoms with E-state index < -0.39 is 6.04 Å². The molecular weight excluding hydrogens is 396 g/mol. The molecule has 3 rings (SSSR count). The molecule has 0 spiro atoms. The minimum Gasteiger partial charge on any atom is -0.355 e. The highest BCUT2D eigenvalue weighted by Crippen LogP contribution is 2.17. The maximum absolute atomic E-state index is 13.6. The Morgan fingerprint density at radius 3 is 2.16 bits per heavy atom. The second kappa shape index (κ2) is 11.3. The van der Waals surface area contributed by atoms with Crippen molar-refractivity contribution in [3.8, 4) is 0 Å². The summed E-state index contributed by atoms with van der Waals surface area (Å²) in [5.41, 5.74) is 5.28. The summed E-state index contributed by atoms with van der Waals surface area (Å²) in [4.78, 5) is 28.5. The number of likely N-dealkylation sites (N-methyl/N-ethyl adjacent to an activating group) is 1. The fourth-order valence-electron chi connectivity index (χ4n) is 3.84. The van der Waals surface area contributed by atoms with Crippen LogP contribution in [-0.4, -0.2) is 29.3 Å².